The number of nitrogens with zero attached hydrogens (tertiary/aromatic N) is 1. The van der Waals surface area contributed by atoms with Crippen LogP contribution in [0.15, 0.2) is 18.2 Å². The molecule has 1 aliphatic heterocycles. The normalized spacial score (nSPS) is 20.8. The summed E-state index contributed by atoms with van der Waals surface area (Å²) in [5, 5.41) is 20.1. The fraction of sp³-hybridized carbons (Fsp3) is 0.571. The zero-order valence-electron chi connectivity index (χ0n) is 10.9. The smallest absolute Gasteiger partial charge is 0.0762 e. The first-order chi connectivity index (χ1) is 8.39. The van der Waals surface area contributed by atoms with Crippen molar-refractivity contribution >= 4 is 17.3 Å². The zero-order chi connectivity index (χ0) is 13.3. The lowest BCUT2D eigenvalue weighted by atomic mass is 9.93. The number of piperidine rings is 1. The summed E-state index contributed by atoms with van der Waals surface area (Å²) in [6.45, 7) is 5.22. The van der Waals surface area contributed by atoms with E-state index in [9.17, 15) is 10.2 Å². The van der Waals surface area contributed by atoms with Gasteiger partial charge in [-0.1, -0.05) is 17.7 Å². The Labute approximate surface area is 113 Å². The summed E-state index contributed by atoms with van der Waals surface area (Å²) in [5.41, 5.74) is 1.26. The summed E-state index contributed by atoms with van der Waals surface area (Å²) in [6.07, 6.45) is 1.00. The largest absolute Gasteiger partial charge is 0.390 e. The SMILES string of the molecule is C[C@H](O)c1ccc(N2CCC(C)(O)CC2)c(Cl)c1. The molecule has 1 atom stereocenters. The van der Waals surface area contributed by atoms with Crippen LogP contribution in [-0.2, 0) is 0 Å². The molecule has 0 bridgehead atoms. The molecule has 1 aliphatic rings. The van der Waals surface area contributed by atoms with Crippen molar-refractivity contribution in [2.75, 3.05) is 18.0 Å². The quantitative estimate of drug-likeness (QED) is 0.868. The van der Waals surface area contributed by atoms with E-state index in [4.69, 9.17) is 11.6 Å². The molecule has 0 saturated carbocycles. The first-order valence-corrected chi connectivity index (χ1v) is 6.72. The molecule has 18 heavy (non-hydrogen) atoms. The Hall–Kier alpha value is -0.770. The van der Waals surface area contributed by atoms with E-state index in [1.165, 1.54) is 0 Å². The van der Waals surface area contributed by atoms with Crippen LogP contribution in [0, 0.1) is 0 Å². The summed E-state index contributed by atoms with van der Waals surface area (Å²) in [7, 11) is 0. The predicted octanol–water partition coefficient (Wildman–Crippen LogP) is 2.74. The van der Waals surface area contributed by atoms with E-state index in [1.807, 2.05) is 25.1 Å². The Balaban J connectivity index is 2.15. The van der Waals surface area contributed by atoms with Gasteiger partial charge in [0.1, 0.15) is 0 Å². The van der Waals surface area contributed by atoms with Crippen molar-refractivity contribution in [3.05, 3.63) is 28.8 Å². The van der Waals surface area contributed by atoms with Gasteiger partial charge >= 0.3 is 0 Å². The number of hydrogen-bond donors (Lipinski definition) is 2. The molecule has 0 amide bonds. The molecule has 0 radical (unpaired) electrons. The molecule has 1 aromatic carbocycles. The van der Waals surface area contributed by atoms with Crippen LogP contribution in [0.4, 0.5) is 5.69 Å². The van der Waals surface area contributed by atoms with Gasteiger partial charge in [-0.05, 0) is 44.4 Å². The molecular weight excluding hydrogens is 250 g/mol. The molecule has 2 rings (SSSR count). The zero-order valence-corrected chi connectivity index (χ0v) is 11.6. The third-order valence-corrected chi connectivity index (χ3v) is 3.94. The second kappa shape index (κ2) is 5.08. The maximum atomic E-state index is 9.93. The van der Waals surface area contributed by atoms with E-state index in [0.29, 0.717) is 5.02 Å². The number of aliphatic hydroxyl groups excluding tert-OH is 1. The van der Waals surface area contributed by atoms with Crippen molar-refractivity contribution in [1.29, 1.82) is 0 Å². The van der Waals surface area contributed by atoms with Gasteiger partial charge in [0.2, 0.25) is 0 Å². The molecule has 100 valence electrons. The second-order valence-corrected chi connectivity index (χ2v) is 5.78. The molecule has 0 unspecified atom stereocenters. The van der Waals surface area contributed by atoms with Gasteiger partial charge in [-0.25, -0.2) is 0 Å². The van der Waals surface area contributed by atoms with E-state index < -0.39 is 11.7 Å². The maximum Gasteiger partial charge on any atom is 0.0762 e. The van der Waals surface area contributed by atoms with Gasteiger partial charge in [-0.3, -0.25) is 0 Å². The Morgan fingerprint density at radius 1 is 1.33 bits per heavy atom. The van der Waals surface area contributed by atoms with Crippen molar-refractivity contribution in [1.82, 2.24) is 0 Å². The number of halogens is 1. The molecule has 2 N–H and O–H groups in total. The molecule has 0 aromatic heterocycles. The number of anilines is 1. The standard InChI is InChI=1S/C14H20ClNO2/c1-10(17)11-3-4-13(12(15)9-11)16-7-5-14(2,18)6-8-16/h3-4,9-10,17-18H,5-8H2,1-2H3/t10-/m0/s1. The second-order valence-electron chi connectivity index (χ2n) is 5.37. The molecule has 1 aromatic rings. The van der Waals surface area contributed by atoms with E-state index in [1.54, 1.807) is 6.92 Å². The lowest BCUT2D eigenvalue weighted by molar-refractivity contribution is 0.0351. The molecule has 3 nitrogen and oxygen atoms in total. The molecule has 1 fully saturated rings. The monoisotopic (exact) mass is 269 g/mol. The molecular formula is C14H20ClNO2. The Kier molecular flexibility index (Phi) is 3.85. The van der Waals surface area contributed by atoms with Gasteiger partial charge in [-0.15, -0.1) is 0 Å². The molecule has 0 aliphatic carbocycles. The van der Waals surface area contributed by atoms with Crippen molar-refractivity contribution < 1.29 is 10.2 Å². The third-order valence-electron chi connectivity index (χ3n) is 3.64. The Morgan fingerprint density at radius 3 is 2.44 bits per heavy atom. The number of rotatable bonds is 2. The predicted molar refractivity (Wildman–Crippen MR) is 74.2 cm³/mol. The minimum Gasteiger partial charge on any atom is -0.390 e. The Morgan fingerprint density at radius 2 is 1.94 bits per heavy atom. The highest BCUT2D eigenvalue weighted by atomic mass is 35.5. The van der Waals surface area contributed by atoms with Crippen LogP contribution in [0.5, 0.6) is 0 Å². The topological polar surface area (TPSA) is 43.7 Å². The fourth-order valence-electron chi connectivity index (χ4n) is 2.27. The first kappa shape index (κ1) is 13.7. The number of benzene rings is 1. The molecule has 4 heteroatoms. The van der Waals surface area contributed by atoms with Crippen LogP contribution >= 0.6 is 11.6 Å². The lowest BCUT2D eigenvalue weighted by Gasteiger charge is -2.37. The van der Waals surface area contributed by atoms with Gasteiger partial charge in [0, 0.05) is 13.1 Å². The summed E-state index contributed by atoms with van der Waals surface area (Å²) >= 11 is 6.26. The van der Waals surface area contributed by atoms with Crippen LogP contribution in [-0.4, -0.2) is 28.9 Å². The van der Waals surface area contributed by atoms with Crippen molar-refractivity contribution in [2.24, 2.45) is 0 Å². The molecule has 0 spiro atoms. The van der Waals surface area contributed by atoms with E-state index in [0.717, 1.165) is 37.2 Å². The lowest BCUT2D eigenvalue weighted by Crippen LogP contribution is -2.42. The van der Waals surface area contributed by atoms with E-state index >= 15 is 0 Å². The van der Waals surface area contributed by atoms with E-state index in [-0.39, 0.29) is 0 Å². The van der Waals surface area contributed by atoms with Crippen molar-refractivity contribution in [3.8, 4) is 0 Å². The summed E-state index contributed by atoms with van der Waals surface area (Å²) < 4.78 is 0. The molecule has 1 saturated heterocycles. The third kappa shape index (κ3) is 2.97. The van der Waals surface area contributed by atoms with Gasteiger partial charge in [0.25, 0.3) is 0 Å². The van der Waals surface area contributed by atoms with Gasteiger partial charge < -0.3 is 15.1 Å². The van der Waals surface area contributed by atoms with Crippen LogP contribution in [0.25, 0.3) is 0 Å². The van der Waals surface area contributed by atoms with Crippen LogP contribution in [0.1, 0.15) is 38.4 Å². The van der Waals surface area contributed by atoms with Crippen molar-refractivity contribution in [3.63, 3.8) is 0 Å². The van der Waals surface area contributed by atoms with Crippen LogP contribution in [0.2, 0.25) is 5.02 Å². The molecule has 1 heterocycles. The fourth-order valence-corrected chi connectivity index (χ4v) is 2.58. The summed E-state index contributed by atoms with van der Waals surface area (Å²) in [4.78, 5) is 2.19. The average Bonchev–Trinajstić information content (AvgIpc) is 2.29. The minimum atomic E-state index is -0.553. The van der Waals surface area contributed by atoms with Gasteiger partial charge in [-0.2, -0.15) is 0 Å². The minimum absolute atomic E-state index is 0.501. The van der Waals surface area contributed by atoms with Crippen molar-refractivity contribution in [2.45, 2.75) is 38.4 Å². The first-order valence-electron chi connectivity index (χ1n) is 6.34. The Bertz CT molecular complexity index is 422. The highest BCUT2D eigenvalue weighted by Gasteiger charge is 2.28. The summed E-state index contributed by atoms with van der Waals surface area (Å²) in [5.74, 6) is 0. The van der Waals surface area contributed by atoms with Crippen LogP contribution < -0.4 is 4.90 Å². The summed E-state index contributed by atoms with van der Waals surface area (Å²) in [6, 6.07) is 5.66. The van der Waals surface area contributed by atoms with Crippen LogP contribution in [0.3, 0.4) is 0 Å². The maximum absolute atomic E-state index is 9.93. The van der Waals surface area contributed by atoms with Gasteiger partial charge in [0.05, 0.1) is 22.4 Å². The average molecular weight is 270 g/mol. The number of aliphatic hydroxyl groups is 2. The van der Waals surface area contributed by atoms with E-state index in [2.05, 4.69) is 4.90 Å². The number of hydrogen-bond acceptors (Lipinski definition) is 3. The highest BCUT2D eigenvalue weighted by Crippen LogP contribution is 2.32. The van der Waals surface area contributed by atoms with Gasteiger partial charge in [0.15, 0.2) is 0 Å². The highest BCUT2D eigenvalue weighted by molar-refractivity contribution is 6.33.